The van der Waals surface area contributed by atoms with Crippen LogP contribution in [0.4, 0.5) is 26.3 Å². The highest BCUT2D eigenvalue weighted by Gasteiger charge is 2.31. The van der Waals surface area contributed by atoms with Gasteiger partial charge in [0.25, 0.3) is 0 Å². The molecule has 0 aliphatic carbocycles. The minimum absolute atomic E-state index is 0.0375. The zero-order valence-electron chi connectivity index (χ0n) is 21.5. The predicted octanol–water partition coefficient (Wildman–Crippen LogP) is 7.02. The number of rotatable bonds is 15. The van der Waals surface area contributed by atoms with Crippen LogP contribution in [0.15, 0.2) is 35.9 Å². The van der Waals surface area contributed by atoms with Crippen molar-refractivity contribution in [3.63, 3.8) is 0 Å². The van der Waals surface area contributed by atoms with Gasteiger partial charge in [0, 0.05) is 31.3 Å². The first-order valence-corrected chi connectivity index (χ1v) is 13.4. The Kier molecular flexibility index (Phi) is 12.7. The highest BCUT2D eigenvalue weighted by molar-refractivity contribution is 8.12. The Hall–Kier alpha value is -1.85. The summed E-state index contributed by atoms with van der Waals surface area (Å²) in [6, 6.07) is 7.35. The van der Waals surface area contributed by atoms with E-state index in [1.54, 1.807) is 25.1 Å². The molecule has 4 nitrogen and oxygen atoms in total. The van der Waals surface area contributed by atoms with Gasteiger partial charge in [0.15, 0.2) is 0 Å². The molecule has 0 saturated carbocycles. The molecule has 0 aliphatic heterocycles. The van der Waals surface area contributed by atoms with Crippen molar-refractivity contribution in [2.75, 3.05) is 31.9 Å². The second-order valence-electron chi connectivity index (χ2n) is 9.04. The number of halogens is 6. The van der Waals surface area contributed by atoms with Gasteiger partial charge in [-0.3, -0.25) is 14.6 Å². The molecule has 0 spiro atoms. The van der Waals surface area contributed by atoms with Crippen molar-refractivity contribution in [1.29, 1.82) is 0 Å². The lowest BCUT2D eigenvalue weighted by Gasteiger charge is -2.30. The summed E-state index contributed by atoms with van der Waals surface area (Å²) in [6.07, 6.45) is -6.74. The Labute approximate surface area is 213 Å². The minimum atomic E-state index is -4.30. The molecule has 206 valence electrons. The van der Waals surface area contributed by atoms with Gasteiger partial charge in [-0.05, 0) is 63.9 Å². The van der Waals surface area contributed by atoms with E-state index in [1.165, 1.54) is 0 Å². The van der Waals surface area contributed by atoms with Gasteiger partial charge in [-0.2, -0.15) is 31.4 Å². The van der Waals surface area contributed by atoms with E-state index in [9.17, 15) is 26.3 Å². The van der Waals surface area contributed by atoms with E-state index >= 15 is 0 Å². The molecule has 0 aromatic heterocycles. The van der Waals surface area contributed by atoms with Crippen molar-refractivity contribution in [3.05, 3.63) is 42.0 Å². The van der Waals surface area contributed by atoms with Crippen LogP contribution in [0.25, 0.3) is 5.70 Å². The van der Waals surface area contributed by atoms with E-state index < -0.39 is 40.7 Å². The fraction of sp³-hybridized carbons (Fsp3) is 0.600. The van der Waals surface area contributed by atoms with Crippen LogP contribution >= 0.6 is 10.7 Å². The lowest BCUT2D eigenvalue weighted by atomic mass is 9.93. The first kappa shape index (κ1) is 32.2. The number of hydrazone groups is 1. The molecule has 1 aromatic rings. The summed E-state index contributed by atoms with van der Waals surface area (Å²) in [5.74, 6) is 2.61. The van der Waals surface area contributed by atoms with Gasteiger partial charge in [-0.1, -0.05) is 37.6 Å². The Balaban J connectivity index is 2.88. The first-order chi connectivity index (χ1) is 16.6. The van der Waals surface area contributed by atoms with Crippen LogP contribution in [0.5, 0.6) is 0 Å². The van der Waals surface area contributed by atoms with Crippen LogP contribution < -0.4 is 4.72 Å². The van der Waals surface area contributed by atoms with E-state index in [4.69, 9.17) is 0 Å². The molecule has 0 saturated heterocycles. The zero-order chi connectivity index (χ0) is 27.6. The van der Waals surface area contributed by atoms with E-state index in [2.05, 4.69) is 22.3 Å². The van der Waals surface area contributed by atoms with Crippen molar-refractivity contribution >= 4 is 28.5 Å². The third kappa shape index (κ3) is 12.4. The van der Waals surface area contributed by atoms with E-state index in [1.807, 2.05) is 43.0 Å². The maximum Gasteiger partial charge on any atom is 0.398 e. The Morgan fingerprint density at radius 3 is 2.31 bits per heavy atom. The van der Waals surface area contributed by atoms with Gasteiger partial charge >= 0.3 is 12.4 Å². The molecule has 0 amide bonds. The molecule has 11 heteroatoms. The van der Waals surface area contributed by atoms with Crippen LogP contribution in [0.3, 0.4) is 0 Å². The molecule has 1 rings (SSSR count). The molecule has 1 aromatic carbocycles. The van der Waals surface area contributed by atoms with E-state index in [0.717, 1.165) is 17.5 Å². The lowest BCUT2D eigenvalue weighted by Crippen LogP contribution is -2.34. The zero-order valence-corrected chi connectivity index (χ0v) is 22.3. The summed E-state index contributed by atoms with van der Waals surface area (Å²) in [4.78, 5) is 1.93. The van der Waals surface area contributed by atoms with Gasteiger partial charge in [-0.15, -0.1) is 10.7 Å². The van der Waals surface area contributed by atoms with E-state index in [0.29, 0.717) is 31.9 Å². The monoisotopic (exact) mass is 540 g/mol. The molecule has 0 fully saturated rings. The van der Waals surface area contributed by atoms with Crippen LogP contribution in [0.2, 0.25) is 0 Å². The SMILES string of the molecule is C=C(c1cccc(C(C)(C)NS(=C)CC(F)(F)F)c1)N(CC)/N=C/CN(CCC)CCCC(F)(F)F. The molecule has 1 N–H and O–H groups in total. The van der Waals surface area contributed by atoms with Crippen molar-refractivity contribution in [2.24, 2.45) is 5.10 Å². The third-order valence-electron chi connectivity index (χ3n) is 5.30. The Bertz CT molecular complexity index is 880. The summed E-state index contributed by atoms with van der Waals surface area (Å²) in [7, 11) is -1.30. The fourth-order valence-electron chi connectivity index (χ4n) is 3.60. The predicted molar refractivity (Wildman–Crippen MR) is 140 cm³/mol. The summed E-state index contributed by atoms with van der Waals surface area (Å²) in [5.41, 5.74) is 1.39. The van der Waals surface area contributed by atoms with Crippen molar-refractivity contribution in [2.45, 2.75) is 64.8 Å². The lowest BCUT2D eigenvalue weighted by molar-refractivity contribution is -0.136. The molecule has 36 heavy (non-hydrogen) atoms. The maximum absolute atomic E-state index is 12.7. The molecule has 0 aliphatic rings. The molecule has 1 atom stereocenters. The number of nitrogens with one attached hydrogen (secondary N) is 1. The standard InChI is InChI=1S/C25H38F6N4S/c1-7-15-34(16-10-13-24(26,27)28)17-14-32-35(8-2)20(3)21-11-9-12-22(18-21)23(4,5)33-36(6)19-25(29,30)31/h9,11-12,14,18,33H,3,6-8,10,13,15-17,19H2,1-2,4-5H3/b32-14+. The van der Waals surface area contributed by atoms with Crippen molar-refractivity contribution in [3.8, 4) is 0 Å². The minimum Gasteiger partial charge on any atom is -0.298 e. The van der Waals surface area contributed by atoms with Gasteiger partial charge in [0.2, 0.25) is 0 Å². The molecule has 0 radical (unpaired) electrons. The normalized spacial score (nSPS) is 14.0. The molecular formula is C25H38F6N4S. The van der Waals surface area contributed by atoms with E-state index in [-0.39, 0.29) is 6.42 Å². The highest BCUT2D eigenvalue weighted by Crippen LogP contribution is 2.30. The first-order valence-electron chi connectivity index (χ1n) is 11.8. The second-order valence-corrected chi connectivity index (χ2v) is 10.5. The number of nitrogens with zero attached hydrogens (tertiary/aromatic N) is 3. The van der Waals surface area contributed by atoms with Crippen LogP contribution in [-0.4, -0.2) is 66.3 Å². The molecular weight excluding hydrogens is 502 g/mol. The van der Waals surface area contributed by atoms with Gasteiger partial charge in [0.1, 0.15) is 0 Å². The van der Waals surface area contributed by atoms with Crippen LogP contribution in [-0.2, 0) is 5.54 Å². The topological polar surface area (TPSA) is 30.9 Å². The summed E-state index contributed by atoms with van der Waals surface area (Å²) in [6.45, 7) is 13.5. The van der Waals surface area contributed by atoms with Gasteiger partial charge < -0.3 is 0 Å². The number of alkyl halides is 6. The van der Waals surface area contributed by atoms with Gasteiger partial charge in [-0.25, -0.2) is 0 Å². The number of benzene rings is 1. The maximum atomic E-state index is 12.7. The summed E-state index contributed by atoms with van der Waals surface area (Å²) in [5, 5.41) is 6.16. The molecule has 1 unspecified atom stereocenters. The Morgan fingerprint density at radius 1 is 1.08 bits per heavy atom. The second kappa shape index (κ2) is 14.2. The van der Waals surface area contributed by atoms with Crippen molar-refractivity contribution < 1.29 is 26.3 Å². The highest BCUT2D eigenvalue weighted by atomic mass is 32.2. The quantitative estimate of drug-likeness (QED) is 0.112. The summed E-state index contributed by atoms with van der Waals surface area (Å²) >= 11 is 0. The average molecular weight is 541 g/mol. The molecule has 0 bridgehead atoms. The number of hydrogen-bond donors (Lipinski definition) is 1. The van der Waals surface area contributed by atoms with Crippen LogP contribution in [0, 0.1) is 0 Å². The summed E-state index contributed by atoms with van der Waals surface area (Å²) < 4.78 is 78.6. The van der Waals surface area contributed by atoms with Crippen LogP contribution in [0.1, 0.15) is 58.1 Å². The fourth-order valence-corrected chi connectivity index (χ4v) is 4.90. The third-order valence-corrected chi connectivity index (χ3v) is 6.78. The molecule has 0 heterocycles. The Morgan fingerprint density at radius 2 is 1.75 bits per heavy atom. The smallest absolute Gasteiger partial charge is 0.298 e. The number of hydrogen-bond acceptors (Lipinski definition) is 4. The van der Waals surface area contributed by atoms with Crippen molar-refractivity contribution in [1.82, 2.24) is 14.6 Å². The average Bonchev–Trinajstić information content (AvgIpc) is 2.73. The van der Waals surface area contributed by atoms with Gasteiger partial charge in [0.05, 0.1) is 11.4 Å². The largest absolute Gasteiger partial charge is 0.398 e.